The van der Waals surface area contributed by atoms with Crippen LogP contribution >= 0.6 is 0 Å². The highest BCUT2D eigenvalue weighted by Gasteiger charge is 2.45. The van der Waals surface area contributed by atoms with E-state index in [4.69, 9.17) is 4.74 Å². The second kappa shape index (κ2) is 6.93. The molecule has 1 unspecified atom stereocenters. The monoisotopic (exact) mass is 413 g/mol. The van der Waals surface area contributed by atoms with E-state index in [1.807, 2.05) is 0 Å². The SMILES string of the molecule is CC(C)(C)OC(=O)NC1Cc2cc3c(cc2C1)C(=O)N(C1CCC(=O)NC1=O)C3=O. The van der Waals surface area contributed by atoms with E-state index in [0.29, 0.717) is 12.8 Å². The van der Waals surface area contributed by atoms with Crippen molar-refractivity contribution in [3.05, 3.63) is 34.4 Å². The highest BCUT2D eigenvalue weighted by molar-refractivity contribution is 6.23. The summed E-state index contributed by atoms with van der Waals surface area (Å²) >= 11 is 0. The first kappa shape index (κ1) is 20.1. The minimum absolute atomic E-state index is 0.0817. The van der Waals surface area contributed by atoms with Gasteiger partial charge in [-0.05, 0) is 63.3 Å². The van der Waals surface area contributed by atoms with Crippen molar-refractivity contribution < 1.29 is 28.7 Å². The number of alkyl carbamates (subject to hydrolysis) is 1. The van der Waals surface area contributed by atoms with Gasteiger partial charge < -0.3 is 10.1 Å². The first-order valence-electron chi connectivity index (χ1n) is 9.90. The molecule has 0 spiro atoms. The van der Waals surface area contributed by atoms with E-state index < -0.39 is 41.4 Å². The quantitative estimate of drug-likeness (QED) is 0.700. The highest BCUT2D eigenvalue weighted by Crippen LogP contribution is 2.33. The van der Waals surface area contributed by atoms with Crippen molar-refractivity contribution in [1.29, 1.82) is 0 Å². The number of benzene rings is 1. The van der Waals surface area contributed by atoms with E-state index in [9.17, 15) is 24.0 Å². The van der Waals surface area contributed by atoms with Crippen LogP contribution in [0.3, 0.4) is 0 Å². The fraction of sp³-hybridized carbons (Fsp3) is 0.476. The van der Waals surface area contributed by atoms with Crippen molar-refractivity contribution >= 4 is 29.7 Å². The predicted octanol–water partition coefficient (Wildman–Crippen LogP) is 1.08. The molecule has 9 heteroatoms. The zero-order valence-corrected chi connectivity index (χ0v) is 17.0. The number of nitrogens with zero attached hydrogens (tertiary/aromatic N) is 1. The fourth-order valence-electron chi connectivity index (χ4n) is 4.17. The predicted molar refractivity (Wildman–Crippen MR) is 104 cm³/mol. The van der Waals surface area contributed by atoms with Gasteiger partial charge in [-0.3, -0.25) is 29.4 Å². The Labute approximate surface area is 173 Å². The first-order valence-corrected chi connectivity index (χ1v) is 9.90. The molecule has 1 aromatic rings. The number of nitrogens with one attached hydrogen (secondary N) is 2. The van der Waals surface area contributed by atoms with Gasteiger partial charge in [-0.25, -0.2) is 4.79 Å². The van der Waals surface area contributed by atoms with E-state index in [-0.39, 0.29) is 30.0 Å². The number of carbonyl (C=O) groups excluding carboxylic acids is 5. The highest BCUT2D eigenvalue weighted by atomic mass is 16.6. The molecule has 2 aliphatic heterocycles. The molecule has 1 saturated heterocycles. The molecule has 30 heavy (non-hydrogen) atoms. The molecule has 0 bridgehead atoms. The maximum atomic E-state index is 12.9. The zero-order valence-electron chi connectivity index (χ0n) is 17.0. The Bertz CT molecular complexity index is 948. The molecule has 0 aromatic heterocycles. The Morgan fingerprint density at radius 1 is 1.07 bits per heavy atom. The van der Waals surface area contributed by atoms with Gasteiger partial charge in [0.15, 0.2) is 0 Å². The lowest BCUT2D eigenvalue weighted by molar-refractivity contribution is -0.136. The first-order chi connectivity index (χ1) is 14.0. The van der Waals surface area contributed by atoms with Crippen molar-refractivity contribution in [3.63, 3.8) is 0 Å². The van der Waals surface area contributed by atoms with Crippen LogP contribution < -0.4 is 10.6 Å². The van der Waals surface area contributed by atoms with Crippen molar-refractivity contribution in [2.45, 2.75) is 64.1 Å². The molecule has 9 nitrogen and oxygen atoms in total. The van der Waals surface area contributed by atoms with Crippen LogP contribution in [0.15, 0.2) is 12.1 Å². The number of hydrogen-bond acceptors (Lipinski definition) is 6. The molecule has 2 heterocycles. The van der Waals surface area contributed by atoms with Gasteiger partial charge in [-0.15, -0.1) is 0 Å². The standard InChI is InChI=1S/C21H23N3O6/c1-21(2,3)30-20(29)22-12-6-10-8-13-14(9-11(10)7-12)19(28)24(18(13)27)15-4-5-16(25)23-17(15)26/h8-9,12,15H,4-7H2,1-3H3,(H,22,29)(H,23,25,26). The summed E-state index contributed by atoms with van der Waals surface area (Å²) in [5, 5.41) is 5.01. The minimum atomic E-state index is -0.980. The molecule has 4 rings (SSSR count). The molecular formula is C21H23N3O6. The van der Waals surface area contributed by atoms with E-state index in [2.05, 4.69) is 10.6 Å². The van der Waals surface area contributed by atoms with Crippen LogP contribution in [0.5, 0.6) is 0 Å². The zero-order chi connectivity index (χ0) is 21.8. The maximum absolute atomic E-state index is 12.9. The molecule has 1 fully saturated rings. The normalized spacial score (nSPS) is 21.4. The van der Waals surface area contributed by atoms with Gasteiger partial charge in [0.1, 0.15) is 11.6 Å². The molecule has 158 valence electrons. The van der Waals surface area contributed by atoms with Crippen LogP contribution in [-0.2, 0) is 27.2 Å². The number of hydrogen-bond donors (Lipinski definition) is 2. The van der Waals surface area contributed by atoms with Crippen molar-refractivity contribution in [3.8, 4) is 0 Å². The van der Waals surface area contributed by atoms with Gasteiger partial charge in [-0.2, -0.15) is 0 Å². The number of imide groups is 2. The van der Waals surface area contributed by atoms with E-state index in [1.165, 1.54) is 0 Å². The second-order valence-electron chi connectivity index (χ2n) is 8.87. The third kappa shape index (κ3) is 3.55. The largest absolute Gasteiger partial charge is 0.444 e. The van der Waals surface area contributed by atoms with Gasteiger partial charge in [0.25, 0.3) is 11.8 Å². The molecule has 2 N–H and O–H groups in total. The van der Waals surface area contributed by atoms with Crippen LogP contribution in [0.25, 0.3) is 0 Å². The van der Waals surface area contributed by atoms with E-state index in [0.717, 1.165) is 16.0 Å². The average molecular weight is 413 g/mol. The van der Waals surface area contributed by atoms with Gasteiger partial charge in [0.2, 0.25) is 11.8 Å². The van der Waals surface area contributed by atoms with Crippen LogP contribution in [0.2, 0.25) is 0 Å². The number of amides is 5. The molecule has 1 atom stereocenters. The molecule has 5 amide bonds. The fourth-order valence-corrected chi connectivity index (χ4v) is 4.17. The van der Waals surface area contributed by atoms with Crippen LogP contribution in [0.4, 0.5) is 4.79 Å². The van der Waals surface area contributed by atoms with Crippen LogP contribution in [-0.4, -0.2) is 52.3 Å². The third-order valence-electron chi connectivity index (χ3n) is 5.41. The molecule has 1 aliphatic carbocycles. The average Bonchev–Trinajstić information content (AvgIpc) is 3.10. The Morgan fingerprint density at radius 2 is 1.63 bits per heavy atom. The van der Waals surface area contributed by atoms with Crippen LogP contribution in [0, 0.1) is 0 Å². The van der Waals surface area contributed by atoms with Crippen LogP contribution in [0.1, 0.15) is 65.5 Å². The van der Waals surface area contributed by atoms with Crippen molar-refractivity contribution in [2.75, 3.05) is 0 Å². The lowest BCUT2D eigenvalue weighted by Crippen LogP contribution is -2.54. The lowest BCUT2D eigenvalue weighted by Gasteiger charge is -2.27. The van der Waals surface area contributed by atoms with Crippen molar-refractivity contribution in [2.24, 2.45) is 0 Å². The topological polar surface area (TPSA) is 122 Å². The third-order valence-corrected chi connectivity index (χ3v) is 5.41. The van der Waals surface area contributed by atoms with E-state index >= 15 is 0 Å². The Morgan fingerprint density at radius 3 is 2.13 bits per heavy atom. The number of fused-ring (bicyclic) bond motifs is 2. The number of ether oxygens (including phenoxy) is 1. The molecule has 0 radical (unpaired) electrons. The summed E-state index contributed by atoms with van der Waals surface area (Å²) in [6.45, 7) is 5.35. The number of piperidine rings is 1. The number of rotatable bonds is 2. The second-order valence-corrected chi connectivity index (χ2v) is 8.87. The van der Waals surface area contributed by atoms with Gasteiger partial charge >= 0.3 is 6.09 Å². The summed E-state index contributed by atoms with van der Waals surface area (Å²) in [4.78, 5) is 62.3. The summed E-state index contributed by atoms with van der Waals surface area (Å²) < 4.78 is 5.28. The van der Waals surface area contributed by atoms with E-state index in [1.54, 1.807) is 32.9 Å². The molecule has 0 saturated carbocycles. The Hall–Kier alpha value is -3.23. The molecule has 3 aliphatic rings. The molecule has 1 aromatic carbocycles. The number of carbonyl (C=O) groups is 5. The van der Waals surface area contributed by atoms with Gasteiger partial charge in [-0.1, -0.05) is 0 Å². The minimum Gasteiger partial charge on any atom is -0.444 e. The Kier molecular flexibility index (Phi) is 4.63. The maximum Gasteiger partial charge on any atom is 0.407 e. The summed E-state index contributed by atoms with van der Waals surface area (Å²) in [7, 11) is 0. The Balaban J connectivity index is 1.51. The van der Waals surface area contributed by atoms with Gasteiger partial charge in [0.05, 0.1) is 11.1 Å². The van der Waals surface area contributed by atoms with Crippen molar-refractivity contribution in [1.82, 2.24) is 15.5 Å². The molecular weight excluding hydrogens is 390 g/mol. The lowest BCUT2D eigenvalue weighted by atomic mass is 10.0. The summed E-state index contributed by atoms with van der Waals surface area (Å²) in [6, 6.07) is 2.18. The summed E-state index contributed by atoms with van der Waals surface area (Å²) in [6.07, 6.45) is 0.726. The van der Waals surface area contributed by atoms with Gasteiger partial charge in [0, 0.05) is 12.5 Å². The smallest absolute Gasteiger partial charge is 0.407 e. The summed E-state index contributed by atoms with van der Waals surface area (Å²) in [5.41, 5.74) is 1.65. The summed E-state index contributed by atoms with van der Waals surface area (Å²) in [5.74, 6) is -2.10.